The lowest BCUT2D eigenvalue weighted by Crippen LogP contribution is -2.41. The predicted molar refractivity (Wildman–Crippen MR) is 58.4 cm³/mol. The van der Waals surface area contributed by atoms with E-state index in [-0.39, 0.29) is 5.25 Å². The summed E-state index contributed by atoms with van der Waals surface area (Å²) in [5, 5.41) is -0.0818. The van der Waals surface area contributed by atoms with Crippen molar-refractivity contribution < 1.29 is 4.21 Å². The minimum Gasteiger partial charge on any atom is -0.240 e. The lowest BCUT2D eigenvalue weighted by atomic mass is 9.96. The van der Waals surface area contributed by atoms with Crippen LogP contribution in [-0.4, -0.2) is 15.5 Å². The molecule has 0 aliphatic heterocycles. The van der Waals surface area contributed by atoms with Gasteiger partial charge in [-0.15, -0.1) is 0 Å². The molecule has 2 saturated carbocycles. The molecule has 2 aliphatic carbocycles. The molecule has 0 heterocycles. The molecule has 0 saturated heterocycles. The van der Waals surface area contributed by atoms with Crippen molar-refractivity contribution in [3.63, 3.8) is 0 Å². The highest BCUT2D eigenvalue weighted by molar-refractivity contribution is 7.91. The summed E-state index contributed by atoms with van der Waals surface area (Å²) >= 11 is 0. The fraction of sp³-hybridized carbons (Fsp3) is 1.00. The maximum atomic E-state index is 11.9. The Bertz CT molecular complexity index is 310. The van der Waals surface area contributed by atoms with E-state index in [4.69, 9.17) is 4.78 Å². The molecule has 2 fully saturated rings. The van der Waals surface area contributed by atoms with Crippen molar-refractivity contribution in [3.8, 4) is 0 Å². The second kappa shape index (κ2) is 3.49. The molecule has 0 amide bonds. The van der Waals surface area contributed by atoms with Gasteiger partial charge in [0.2, 0.25) is 0 Å². The Hall–Kier alpha value is -0.0900. The van der Waals surface area contributed by atoms with E-state index in [2.05, 4.69) is 4.72 Å². The molecule has 2 aliphatic rings. The summed E-state index contributed by atoms with van der Waals surface area (Å²) in [6.45, 7) is 3.71. The standard InChI is InChI=1S/C10H20N2OS/c1-7(2)14(11,13)12-10-6-8-3-4-9(10)5-8/h7-10H,3-6H2,1-2H3,(H2,11,12,13). The summed E-state index contributed by atoms with van der Waals surface area (Å²) in [7, 11) is -2.55. The van der Waals surface area contributed by atoms with Crippen LogP contribution in [0, 0.1) is 16.6 Å². The van der Waals surface area contributed by atoms with Gasteiger partial charge in [-0.2, -0.15) is 0 Å². The van der Waals surface area contributed by atoms with Gasteiger partial charge in [0.25, 0.3) is 0 Å². The van der Waals surface area contributed by atoms with Gasteiger partial charge in [0.15, 0.2) is 0 Å². The second-order valence-corrected chi connectivity index (χ2v) is 7.43. The molecule has 0 aromatic rings. The van der Waals surface area contributed by atoms with Gasteiger partial charge in [-0.05, 0) is 44.9 Å². The van der Waals surface area contributed by atoms with Gasteiger partial charge in [-0.3, -0.25) is 0 Å². The predicted octanol–water partition coefficient (Wildman–Crippen LogP) is 2.13. The smallest absolute Gasteiger partial charge is 0.107 e. The van der Waals surface area contributed by atoms with Gasteiger partial charge >= 0.3 is 0 Å². The SMILES string of the molecule is CC(C)S(=N)(=O)NC1CC2CCC1C2. The molecule has 2 bridgehead atoms. The van der Waals surface area contributed by atoms with Crippen LogP contribution in [0.3, 0.4) is 0 Å². The molecule has 14 heavy (non-hydrogen) atoms. The van der Waals surface area contributed by atoms with Crippen LogP contribution in [0.1, 0.15) is 39.5 Å². The highest BCUT2D eigenvalue weighted by Gasteiger charge is 2.40. The minimum atomic E-state index is -2.55. The zero-order chi connectivity index (χ0) is 10.3. The Morgan fingerprint density at radius 1 is 1.36 bits per heavy atom. The van der Waals surface area contributed by atoms with E-state index in [9.17, 15) is 4.21 Å². The van der Waals surface area contributed by atoms with Gasteiger partial charge < -0.3 is 0 Å². The molecular formula is C10H20N2OS. The largest absolute Gasteiger partial charge is 0.240 e. The topological polar surface area (TPSA) is 53.0 Å². The molecule has 4 atom stereocenters. The zero-order valence-electron chi connectivity index (χ0n) is 8.95. The summed E-state index contributed by atoms with van der Waals surface area (Å²) in [5.74, 6) is 1.55. The van der Waals surface area contributed by atoms with Crippen molar-refractivity contribution in [1.82, 2.24) is 4.72 Å². The fourth-order valence-corrected chi connectivity index (χ4v) is 3.76. The van der Waals surface area contributed by atoms with E-state index in [0.29, 0.717) is 12.0 Å². The van der Waals surface area contributed by atoms with Gasteiger partial charge in [0.1, 0.15) is 9.92 Å². The summed E-state index contributed by atoms with van der Waals surface area (Å²) in [4.78, 5) is 0. The van der Waals surface area contributed by atoms with Crippen molar-refractivity contribution in [3.05, 3.63) is 0 Å². The van der Waals surface area contributed by atoms with Crippen molar-refractivity contribution >= 4 is 9.92 Å². The average Bonchev–Trinajstić information content (AvgIpc) is 2.63. The minimum absolute atomic E-state index is 0.0818. The highest BCUT2D eigenvalue weighted by atomic mass is 32.2. The van der Waals surface area contributed by atoms with Crippen molar-refractivity contribution in [2.75, 3.05) is 0 Å². The molecule has 0 spiro atoms. The van der Waals surface area contributed by atoms with E-state index in [0.717, 1.165) is 12.3 Å². The number of fused-ring (bicyclic) bond motifs is 2. The third-order valence-corrected chi connectivity index (χ3v) is 5.71. The first-order chi connectivity index (χ1) is 6.49. The van der Waals surface area contributed by atoms with Crippen LogP contribution >= 0.6 is 0 Å². The van der Waals surface area contributed by atoms with Crippen LogP contribution in [-0.2, 0) is 9.92 Å². The van der Waals surface area contributed by atoms with Crippen LogP contribution in [0.5, 0.6) is 0 Å². The first kappa shape index (κ1) is 10.4. The maximum Gasteiger partial charge on any atom is 0.107 e. The van der Waals surface area contributed by atoms with E-state index in [1.54, 1.807) is 0 Å². The van der Waals surface area contributed by atoms with Crippen LogP contribution in [0.25, 0.3) is 0 Å². The lowest BCUT2D eigenvalue weighted by molar-refractivity contribution is 0.394. The fourth-order valence-electron chi connectivity index (χ4n) is 2.75. The molecule has 0 aromatic heterocycles. The Morgan fingerprint density at radius 3 is 2.50 bits per heavy atom. The second-order valence-electron chi connectivity index (χ2n) is 5.05. The summed E-state index contributed by atoms with van der Waals surface area (Å²) in [6, 6.07) is 0.362. The molecule has 4 heteroatoms. The highest BCUT2D eigenvalue weighted by Crippen LogP contribution is 2.44. The molecule has 3 nitrogen and oxygen atoms in total. The first-order valence-electron chi connectivity index (χ1n) is 5.54. The van der Waals surface area contributed by atoms with Gasteiger partial charge in [-0.1, -0.05) is 6.42 Å². The Labute approximate surface area is 86.8 Å². The number of rotatable bonds is 3. The van der Waals surface area contributed by atoms with Crippen LogP contribution in [0.4, 0.5) is 0 Å². The van der Waals surface area contributed by atoms with Crippen LogP contribution in [0.15, 0.2) is 0 Å². The van der Waals surface area contributed by atoms with E-state index >= 15 is 0 Å². The monoisotopic (exact) mass is 216 g/mol. The first-order valence-corrected chi connectivity index (χ1v) is 7.16. The molecule has 2 N–H and O–H groups in total. The molecule has 2 rings (SSSR count). The normalized spacial score (nSPS) is 40.4. The van der Waals surface area contributed by atoms with Crippen molar-refractivity contribution in [2.24, 2.45) is 11.8 Å². The summed E-state index contributed by atoms with van der Waals surface area (Å²) in [5.41, 5.74) is 0. The molecule has 82 valence electrons. The van der Waals surface area contributed by atoms with Gasteiger partial charge in [-0.25, -0.2) is 13.7 Å². The Morgan fingerprint density at radius 2 is 2.07 bits per heavy atom. The van der Waals surface area contributed by atoms with E-state index in [1.165, 1.54) is 19.3 Å². The lowest BCUT2D eigenvalue weighted by Gasteiger charge is -2.25. The van der Waals surface area contributed by atoms with E-state index < -0.39 is 9.92 Å². The number of nitrogens with one attached hydrogen (secondary N) is 2. The Kier molecular flexibility index (Phi) is 2.60. The molecular weight excluding hydrogens is 196 g/mol. The number of hydrogen-bond donors (Lipinski definition) is 2. The summed E-state index contributed by atoms with van der Waals surface area (Å²) < 4.78 is 22.7. The van der Waals surface area contributed by atoms with E-state index in [1.807, 2.05) is 13.8 Å². The zero-order valence-corrected chi connectivity index (χ0v) is 9.77. The van der Waals surface area contributed by atoms with Gasteiger partial charge in [0.05, 0.1) is 5.25 Å². The van der Waals surface area contributed by atoms with Gasteiger partial charge in [0, 0.05) is 6.04 Å². The van der Waals surface area contributed by atoms with Crippen LogP contribution in [0.2, 0.25) is 0 Å². The van der Waals surface area contributed by atoms with Crippen molar-refractivity contribution in [1.29, 1.82) is 4.78 Å². The quantitative estimate of drug-likeness (QED) is 0.746. The third-order valence-electron chi connectivity index (χ3n) is 3.73. The molecule has 4 unspecified atom stereocenters. The molecule has 0 aromatic carbocycles. The average molecular weight is 216 g/mol. The van der Waals surface area contributed by atoms with Crippen LogP contribution < -0.4 is 4.72 Å². The third kappa shape index (κ3) is 1.82. The summed E-state index contributed by atoms with van der Waals surface area (Å²) in [6.07, 6.45) is 5.07. The molecule has 0 radical (unpaired) electrons. The maximum absolute atomic E-state index is 11.9. The number of hydrogen-bond acceptors (Lipinski definition) is 2. The van der Waals surface area contributed by atoms with Crippen molar-refractivity contribution in [2.45, 2.75) is 50.8 Å². The Balaban J connectivity index is 1.99.